The number of hydrogen-bond acceptors (Lipinski definition) is 2. The number of nitrogens with zero attached hydrogens (tertiary/aromatic N) is 1. The van der Waals surface area contributed by atoms with Gasteiger partial charge in [-0.3, -0.25) is 14.9 Å². The number of aromatic nitrogens is 1. The van der Waals surface area contributed by atoms with Gasteiger partial charge < -0.3 is 5.32 Å². The molecule has 1 atom stereocenters. The lowest BCUT2D eigenvalue weighted by Crippen LogP contribution is -2.52. The SMILES string of the molecule is Cc1ccc(C)n1NC(=O)C1CCN1. The van der Waals surface area contributed by atoms with E-state index in [-0.39, 0.29) is 11.9 Å². The Morgan fingerprint density at radius 2 is 2.07 bits per heavy atom. The summed E-state index contributed by atoms with van der Waals surface area (Å²) in [4.78, 5) is 11.6. The average Bonchev–Trinajstić information content (AvgIpc) is 2.32. The first-order chi connectivity index (χ1) is 6.68. The smallest absolute Gasteiger partial charge is 0.255 e. The van der Waals surface area contributed by atoms with Crippen LogP contribution >= 0.6 is 0 Å². The topological polar surface area (TPSA) is 46.1 Å². The monoisotopic (exact) mass is 193 g/mol. The molecule has 1 aliphatic heterocycles. The summed E-state index contributed by atoms with van der Waals surface area (Å²) in [5.74, 6) is 0.0543. The molecule has 0 spiro atoms. The minimum Gasteiger partial charge on any atom is -0.306 e. The summed E-state index contributed by atoms with van der Waals surface area (Å²) < 4.78 is 1.82. The Labute approximate surface area is 83.3 Å². The lowest BCUT2D eigenvalue weighted by atomic mass is 10.1. The van der Waals surface area contributed by atoms with Crippen molar-refractivity contribution in [2.75, 3.05) is 12.0 Å². The van der Waals surface area contributed by atoms with Crippen molar-refractivity contribution in [2.45, 2.75) is 26.3 Å². The second-order valence-electron chi connectivity index (χ2n) is 3.72. The number of nitrogens with one attached hydrogen (secondary N) is 2. The third-order valence-electron chi connectivity index (χ3n) is 2.63. The van der Waals surface area contributed by atoms with Crippen molar-refractivity contribution in [2.24, 2.45) is 0 Å². The molecule has 4 nitrogen and oxygen atoms in total. The van der Waals surface area contributed by atoms with Crippen LogP contribution < -0.4 is 10.7 Å². The van der Waals surface area contributed by atoms with Gasteiger partial charge in [0.15, 0.2) is 0 Å². The largest absolute Gasteiger partial charge is 0.306 e. The van der Waals surface area contributed by atoms with E-state index in [9.17, 15) is 4.79 Å². The van der Waals surface area contributed by atoms with Gasteiger partial charge in [0.05, 0.1) is 6.04 Å². The van der Waals surface area contributed by atoms with Gasteiger partial charge >= 0.3 is 0 Å². The molecule has 1 amide bonds. The van der Waals surface area contributed by atoms with Gasteiger partial charge in [-0.05, 0) is 38.9 Å². The van der Waals surface area contributed by atoms with Gasteiger partial charge in [-0.25, -0.2) is 0 Å². The second kappa shape index (κ2) is 3.46. The summed E-state index contributed by atoms with van der Waals surface area (Å²) in [5.41, 5.74) is 4.98. The van der Waals surface area contributed by atoms with Crippen molar-refractivity contribution >= 4 is 5.91 Å². The molecule has 1 unspecified atom stereocenters. The van der Waals surface area contributed by atoms with E-state index in [1.54, 1.807) is 0 Å². The van der Waals surface area contributed by atoms with E-state index >= 15 is 0 Å². The summed E-state index contributed by atoms with van der Waals surface area (Å²) in [5, 5.41) is 3.07. The van der Waals surface area contributed by atoms with Crippen LogP contribution in [0.1, 0.15) is 17.8 Å². The van der Waals surface area contributed by atoms with Crippen LogP contribution in [-0.2, 0) is 4.79 Å². The van der Waals surface area contributed by atoms with Gasteiger partial charge in [-0.15, -0.1) is 0 Å². The van der Waals surface area contributed by atoms with Gasteiger partial charge in [-0.1, -0.05) is 0 Å². The number of rotatable bonds is 2. The maximum absolute atomic E-state index is 11.6. The van der Waals surface area contributed by atoms with Crippen LogP contribution in [0, 0.1) is 13.8 Å². The Balaban J connectivity index is 2.06. The minimum absolute atomic E-state index is 0.00352. The van der Waals surface area contributed by atoms with Crippen molar-refractivity contribution < 1.29 is 4.79 Å². The van der Waals surface area contributed by atoms with Crippen molar-refractivity contribution in [1.82, 2.24) is 9.99 Å². The molecule has 1 aromatic rings. The van der Waals surface area contributed by atoms with Crippen molar-refractivity contribution in [3.63, 3.8) is 0 Å². The number of carbonyl (C=O) groups is 1. The highest BCUT2D eigenvalue weighted by Gasteiger charge is 2.24. The lowest BCUT2D eigenvalue weighted by Gasteiger charge is -2.27. The molecule has 2 rings (SSSR count). The van der Waals surface area contributed by atoms with Crippen LogP contribution in [-0.4, -0.2) is 23.2 Å². The van der Waals surface area contributed by atoms with Crippen molar-refractivity contribution in [1.29, 1.82) is 0 Å². The molecule has 14 heavy (non-hydrogen) atoms. The summed E-state index contributed by atoms with van der Waals surface area (Å²) in [6.07, 6.45) is 0.936. The van der Waals surface area contributed by atoms with Crippen LogP contribution in [0.15, 0.2) is 12.1 Å². The molecule has 1 aliphatic rings. The van der Waals surface area contributed by atoms with E-state index in [0.29, 0.717) is 0 Å². The predicted octanol–water partition coefficient (Wildman–Crippen LogP) is 0.537. The van der Waals surface area contributed by atoms with Crippen LogP contribution in [0.25, 0.3) is 0 Å². The zero-order valence-corrected chi connectivity index (χ0v) is 8.50. The molecule has 76 valence electrons. The predicted molar refractivity (Wildman–Crippen MR) is 54.7 cm³/mol. The minimum atomic E-state index is -0.00352. The van der Waals surface area contributed by atoms with E-state index in [1.807, 2.05) is 30.7 Å². The fourth-order valence-corrected chi connectivity index (χ4v) is 1.55. The maximum atomic E-state index is 11.6. The first-order valence-electron chi connectivity index (χ1n) is 4.87. The Bertz CT molecular complexity index is 333. The zero-order chi connectivity index (χ0) is 10.1. The van der Waals surface area contributed by atoms with Crippen molar-refractivity contribution in [3.05, 3.63) is 23.5 Å². The summed E-state index contributed by atoms with van der Waals surface area (Å²) >= 11 is 0. The molecule has 0 bridgehead atoms. The molecule has 4 heteroatoms. The molecule has 0 radical (unpaired) electrons. The van der Waals surface area contributed by atoms with Gasteiger partial charge in [0.1, 0.15) is 0 Å². The molecule has 1 saturated heterocycles. The molecule has 0 saturated carbocycles. The third kappa shape index (κ3) is 1.53. The first kappa shape index (κ1) is 9.27. The Kier molecular flexibility index (Phi) is 2.29. The van der Waals surface area contributed by atoms with Crippen LogP contribution in [0.3, 0.4) is 0 Å². The molecule has 2 N–H and O–H groups in total. The fourth-order valence-electron chi connectivity index (χ4n) is 1.55. The highest BCUT2D eigenvalue weighted by atomic mass is 16.2. The second-order valence-corrected chi connectivity index (χ2v) is 3.72. The number of aryl methyl sites for hydroxylation is 2. The van der Waals surface area contributed by atoms with Gasteiger partial charge in [0.25, 0.3) is 5.91 Å². The quantitative estimate of drug-likeness (QED) is 0.720. The average molecular weight is 193 g/mol. The van der Waals surface area contributed by atoms with E-state index in [4.69, 9.17) is 0 Å². The fraction of sp³-hybridized carbons (Fsp3) is 0.500. The van der Waals surface area contributed by atoms with Gasteiger partial charge in [0, 0.05) is 11.4 Å². The standard InChI is InChI=1S/C10H15N3O/c1-7-3-4-8(2)13(7)12-10(14)9-5-6-11-9/h3-4,9,11H,5-6H2,1-2H3,(H,12,14). The molecule has 1 aromatic heterocycles. The summed E-state index contributed by atoms with van der Waals surface area (Å²) in [6, 6.07) is 3.98. The summed E-state index contributed by atoms with van der Waals surface area (Å²) in [7, 11) is 0. The zero-order valence-electron chi connectivity index (χ0n) is 8.50. The van der Waals surface area contributed by atoms with Crippen LogP contribution in [0.4, 0.5) is 0 Å². The number of carbonyl (C=O) groups excluding carboxylic acids is 1. The van der Waals surface area contributed by atoms with Crippen molar-refractivity contribution in [3.8, 4) is 0 Å². The maximum Gasteiger partial charge on any atom is 0.255 e. The van der Waals surface area contributed by atoms with Crippen LogP contribution in [0.5, 0.6) is 0 Å². The Hall–Kier alpha value is -1.29. The van der Waals surface area contributed by atoms with E-state index < -0.39 is 0 Å². The molecular formula is C10H15N3O. The highest BCUT2D eigenvalue weighted by Crippen LogP contribution is 2.07. The normalized spacial score (nSPS) is 20.3. The molecule has 0 aromatic carbocycles. The molecule has 1 fully saturated rings. The summed E-state index contributed by atoms with van der Waals surface area (Å²) in [6.45, 7) is 4.89. The Morgan fingerprint density at radius 3 is 2.50 bits per heavy atom. The number of hydrogen-bond donors (Lipinski definition) is 2. The van der Waals surface area contributed by atoms with Gasteiger partial charge in [-0.2, -0.15) is 0 Å². The van der Waals surface area contributed by atoms with Gasteiger partial charge in [0.2, 0.25) is 0 Å². The third-order valence-corrected chi connectivity index (χ3v) is 2.63. The van der Waals surface area contributed by atoms with E-state index in [1.165, 1.54) is 0 Å². The first-order valence-corrected chi connectivity index (χ1v) is 4.87. The lowest BCUT2D eigenvalue weighted by molar-refractivity contribution is -0.120. The van der Waals surface area contributed by atoms with Crippen LogP contribution in [0.2, 0.25) is 0 Å². The Morgan fingerprint density at radius 1 is 1.50 bits per heavy atom. The molecule has 2 heterocycles. The molecular weight excluding hydrogens is 178 g/mol. The number of amides is 1. The van der Waals surface area contributed by atoms with E-state index in [0.717, 1.165) is 24.4 Å². The highest BCUT2D eigenvalue weighted by molar-refractivity contribution is 5.89. The van der Waals surface area contributed by atoms with E-state index in [2.05, 4.69) is 10.7 Å². The molecule has 0 aliphatic carbocycles.